The van der Waals surface area contributed by atoms with Gasteiger partial charge in [0.15, 0.2) is 0 Å². The third-order valence-electron chi connectivity index (χ3n) is 2.14. The van der Waals surface area contributed by atoms with Crippen molar-refractivity contribution in [2.45, 2.75) is 17.2 Å². The van der Waals surface area contributed by atoms with Gasteiger partial charge < -0.3 is 0 Å². The number of rotatable bonds is 1. The molecule has 0 radical (unpaired) electrons. The number of fused-ring (bicyclic) bond motifs is 1. The van der Waals surface area contributed by atoms with Crippen LogP contribution in [0.3, 0.4) is 0 Å². The van der Waals surface area contributed by atoms with Gasteiger partial charge in [0.25, 0.3) is 0 Å². The fourth-order valence-electron chi connectivity index (χ4n) is 1.51. The second-order valence-electron chi connectivity index (χ2n) is 2.91. The van der Waals surface area contributed by atoms with E-state index in [0.29, 0.717) is 12.3 Å². The second-order valence-corrected chi connectivity index (χ2v) is 3.97. The van der Waals surface area contributed by atoms with Crippen molar-refractivity contribution in [2.24, 2.45) is 0 Å². The molecule has 1 aromatic rings. The summed E-state index contributed by atoms with van der Waals surface area (Å²) in [6, 6.07) is 10.6. The summed E-state index contributed by atoms with van der Waals surface area (Å²) in [4.78, 5) is 1.36. The van der Waals surface area contributed by atoms with Crippen LogP contribution in [0.1, 0.15) is 17.9 Å². The van der Waals surface area contributed by atoms with Crippen molar-refractivity contribution >= 4 is 11.8 Å². The molecule has 60 valence electrons. The zero-order valence-electron chi connectivity index (χ0n) is 6.66. The highest BCUT2D eigenvalue weighted by atomic mass is 32.2. The van der Waals surface area contributed by atoms with Gasteiger partial charge in [-0.15, -0.1) is 11.8 Å². The van der Waals surface area contributed by atoms with Crippen molar-refractivity contribution in [3.63, 3.8) is 0 Å². The van der Waals surface area contributed by atoms with E-state index in [9.17, 15) is 0 Å². The van der Waals surface area contributed by atoms with E-state index in [0.717, 1.165) is 5.75 Å². The Morgan fingerprint density at radius 1 is 1.50 bits per heavy atom. The summed E-state index contributed by atoms with van der Waals surface area (Å²) in [5.41, 5.74) is 1.36. The third-order valence-corrected chi connectivity index (χ3v) is 3.39. The van der Waals surface area contributed by atoms with Crippen molar-refractivity contribution in [3.8, 4) is 6.07 Å². The molecule has 2 rings (SSSR count). The lowest BCUT2D eigenvalue weighted by Crippen LogP contribution is -1.94. The molecule has 1 nitrogen and oxygen atoms in total. The Bertz CT molecular complexity index is 327. The Labute approximate surface area is 76.4 Å². The normalized spacial score (nSPS) is 20.1. The summed E-state index contributed by atoms with van der Waals surface area (Å²) < 4.78 is 0. The Morgan fingerprint density at radius 3 is 3.17 bits per heavy atom. The molecule has 12 heavy (non-hydrogen) atoms. The van der Waals surface area contributed by atoms with Crippen LogP contribution in [0.25, 0.3) is 0 Å². The van der Waals surface area contributed by atoms with E-state index >= 15 is 0 Å². The molecule has 1 heterocycles. The molecular formula is C10H9NS. The zero-order chi connectivity index (χ0) is 8.39. The third kappa shape index (κ3) is 1.21. The van der Waals surface area contributed by atoms with Crippen LogP contribution in [-0.4, -0.2) is 5.75 Å². The smallest absolute Gasteiger partial charge is 0.0628 e. The maximum absolute atomic E-state index is 8.59. The molecule has 1 unspecified atom stereocenters. The Balaban J connectivity index is 2.31. The average Bonchev–Trinajstić information content (AvgIpc) is 2.50. The average molecular weight is 175 g/mol. The molecule has 1 atom stereocenters. The number of nitrogens with zero attached hydrogens (tertiary/aromatic N) is 1. The zero-order valence-corrected chi connectivity index (χ0v) is 7.47. The number of nitriles is 1. The molecule has 0 fully saturated rings. The van der Waals surface area contributed by atoms with Crippen LogP contribution in [-0.2, 0) is 0 Å². The van der Waals surface area contributed by atoms with Gasteiger partial charge in [0.1, 0.15) is 0 Å². The van der Waals surface area contributed by atoms with E-state index in [1.54, 1.807) is 0 Å². The lowest BCUT2D eigenvalue weighted by molar-refractivity contribution is 0.803. The Kier molecular flexibility index (Phi) is 2.05. The number of thioether (sulfide) groups is 1. The monoisotopic (exact) mass is 175 g/mol. The summed E-state index contributed by atoms with van der Waals surface area (Å²) >= 11 is 1.86. The molecule has 0 bridgehead atoms. The molecular weight excluding hydrogens is 166 g/mol. The minimum Gasteiger partial charge on any atom is -0.198 e. The van der Waals surface area contributed by atoms with Gasteiger partial charge in [-0.05, 0) is 11.6 Å². The molecule has 0 aliphatic carbocycles. The Hall–Kier alpha value is -0.940. The highest BCUT2D eigenvalue weighted by Crippen LogP contribution is 2.40. The highest BCUT2D eigenvalue weighted by Gasteiger charge is 2.21. The van der Waals surface area contributed by atoms with Gasteiger partial charge in [-0.2, -0.15) is 5.26 Å². The molecule has 1 aliphatic rings. The molecule has 2 heteroatoms. The summed E-state index contributed by atoms with van der Waals surface area (Å²) in [6.07, 6.45) is 0.657. The van der Waals surface area contributed by atoms with Gasteiger partial charge in [0, 0.05) is 23.0 Å². The molecule has 1 aromatic carbocycles. The molecule has 0 saturated heterocycles. The van der Waals surface area contributed by atoms with Crippen LogP contribution in [0, 0.1) is 11.3 Å². The molecule has 0 aromatic heterocycles. The molecule has 0 N–H and O–H groups in total. The van der Waals surface area contributed by atoms with Gasteiger partial charge >= 0.3 is 0 Å². The largest absolute Gasteiger partial charge is 0.198 e. The van der Waals surface area contributed by atoms with E-state index in [1.165, 1.54) is 10.5 Å². The van der Waals surface area contributed by atoms with Crippen molar-refractivity contribution in [1.29, 1.82) is 5.26 Å². The van der Waals surface area contributed by atoms with E-state index in [2.05, 4.69) is 30.3 Å². The van der Waals surface area contributed by atoms with Gasteiger partial charge in [-0.1, -0.05) is 18.2 Å². The molecule has 0 amide bonds. The number of hydrogen-bond acceptors (Lipinski definition) is 2. The fraction of sp³-hybridized carbons (Fsp3) is 0.300. The van der Waals surface area contributed by atoms with Gasteiger partial charge in [-0.25, -0.2) is 0 Å². The molecule has 0 saturated carbocycles. The predicted molar refractivity (Wildman–Crippen MR) is 50.1 cm³/mol. The topological polar surface area (TPSA) is 23.8 Å². The second kappa shape index (κ2) is 3.20. The van der Waals surface area contributed by atoms with Gasteiger partial charge in [-0.3, -0.25) is 0 Å². The quantitative estimate of drug-likeness (QED) is 0.655. The lowest BCUT2D eigenvalue weighted by Gasteiger charge is -2.03. The Morgan fingerprint density at radius 2 is 2.33 bits per heavy atom. The minimum absolute atomic E-state index is 0.469. The number of hydrogen-bond donors (Lipinski definition) is 0. The van der Waals surface area contributed by atoms with E-state index in [4.69, 9.17) is 5.26 Å². The molecule has 1 aliphatic heterocycles. The fourth-order valence-corrected chi connectivity index (χ4v) is 2.76. The number of benzene rings is 1. The first-order valence-corrected chi connectivity index (χ1v) is 4.99. The van der Waals surface area contributed by atoms with Crippen LogP contribution in [0.15, 0.2) is 29.2 Å². The summed E-state index contributed by atoms with van der Waals surface area (Å²) in [5, 5.41) is 8.59. The predicted octanol–water partition coefficient (Wildman–Crippen LogP) is 2.79. The van der Waals surface area contributed by atoms with Gasteiger partial charge in [0.05, 0.1) is 6.07 Å². The van der Waals surface area contributed by atoms with Gasteiger partial charge in [0.2, 0.25) is 0 Å². The maximum atomic E-state index is 8.59. The standard InChI is InChI=1S/C10H9NS/c11-6-5-8-7-12-10-4-2-1-3-9(8)10/h1-4,8H,5,7H2. The summed E-state index contributed by atoms with van der Waals surface area (Å²) in [5.74, 6) is 1.54. The van der Waals surface area contributed by atoms with E-state index in [1.807, 2.05) is 11.8 Å². The van der Waals surface area contributed by atoms with Crippen LogP contribution >= 0.6 is 11.8 Å². The lowest BCUT2D eigenvalue weighted by atomic mass is 9.99. The highest BCUT2D eigenvalue weighted by molar-refractivity contribution is 7.99. The first-order chi connectivity index (χ1) is 5.92. The maximum Gasteiger partial charge on any atom is 0.0628 e. The first kappa shape index (κ1) is 7.70. The summed E-state index contributed by atoms with van der Waals surface area (Å²) in [6.45, 7) is 0. The van der Waals surface area contributed by atoms with Crippen LogP contribution in [0.5, 0.6) is 0 Å². The summed E-state index contributed by atoms with van der Waals surface area (Å²) in [7, 11) is 0. The first-order valence-electron chi connectivity index (χ1n) is 4.00. The van der Waals surface area contributed by atoms with Crippen LogP contribution < -0.4 is 0 Å². The minimum atomic E-state index is 0.469. The van der Waals surface area contributed by atoms with Crippen molar-refractivity contribution < 1.29 is 0 Å². The SMILES string of the molecule is N#CCC1CSc2ccccc21. The van der Waals surface area contributed by atoms with Crippen molar-refractivity contribution in [3.05, 3.63) is 29.8 Å². The van der Waals surface area contributed by atoms with E-state index in [-0.39, 0.29) is 0 Å². The van der Waals surface area contributed by atoms with Crippen LogP contribution in [0.4, 0.5) is 0 Å². The molecule has 0 spiro atoms. The van der Waals surface area contributed by atoms with Crippen LogP contribution in [0.2, 0.25) is 0 Å². The van der Waals surface area contributed by atoms with Crippen molar-refractivity contribution in [2.75, 3.05) is 5.75 Å². The van der Waals surface area contributed by atoms with Crippen molar-refractivity contribution in [1.82, 2.24) is 0 Å². The van der Waals surface area contributed by atoms with E-state index < -0.39 is 0 Å².